The van der Waals surface area contributed by atoms with Gasteiger partial charge in [0.2, 0.25) is 0 Å². The summed E-state index contributed by atoms with van der Waals surface area (Å²) < 4.78 is 0. The fourth-order valence-electron chi connectivity index (χ4n) is 4.75. The molecule has 1 nitrogen and oxygen atoms in total. The topological polar surface area (TPSA) is 15.8 Å². The van der Waals surface area contributed by atoms with Gasteiger partial charge in [-0.15, -0.1) is 0 Å². The number of nitrogens with one attached hydrogen (secondary N) is 1. The van der Waals surface area contributed by atoms with E-state index in [9.17, 15) is 0 Å². The zero-order valence-electron chi connectivity index (χ0n) is 14.7. The standard InChI is InChI=1S/C25H19N/c1-15-10-11-16-12-13-22-23(21(16)14-15)24-19-8-4-2-6-17(19)18-7-3-5-9-20(18)25(24)26-22/h2-13,15,26H,14H2,1H3. The van der Waals surface area contributed by atoms with E-state index in [2.05, 4.69) is 84.7 Å². The SMILES string of the molecule is CC1C=Cc2ccc3[nH]c4c5ccccc5c5ccccc5c4c3c2C1. The summed E-state index contributed by atoms with van der Waals surface area (Å²) in [5.41, 5.74) is 5.38. The van der Waals surface area contributed by atoms with E-state index in [1.165, 1.54) is 54.5 Å². The smallest absolute Gasteiger partial charge is 0.0551 e. The maximum atomic E-state index is 3.75. The normalized spacial score (nSPS) is 16.7. The molecule has 1 aliphatic carbocycles. The van der Waals surface area contributed by atoms with Crippen molar-refractivity contribution in [1.82, 2.24) is 4.98 Å². The molecule has 26 heavy (non-hydrogen) atoms. The summed E-state index contributed by atoms with van der Waals surface area (Å²) in [6.07, 6.45) is 5.73. The Hall–Kier alpha value is -3.06. The van der Waals surface area contributed by atoms with Gasteiger partial charge in [-0.3, -0.25) is 0 Å². The minimum Gasteiger partial charge on any atom is -0.354 e. The molecule has 1 aromatic heterocycles. The molecule has 1 unspecified atom stereocenters. The molecule has 1 aliphatic rings. The van der Waals surface area contributed by atoms with Crippen LogP contribution in [0.5, 0.6) is 0 Å². The van der Waals surface area contributed by atoms with Crippen LogP contribution in [0.1, 0.15) is 18.1 Å². The molecule has 0 fully saturated rings. The van der Waals surface area contributed by atoms with Crippen molar-refractivity contribution in [2.24, 2.45) is 5.92 Å². The molecule has 0 spiro atoms. The molecule has 5 aromatic rings. The van der Waals surface area contributed by atoms with Crippen LogP contribution >= 0.6 is 0 Å². The van der Waals surface area contributed by atoms with E-state index in [1.54, 1.807) is 0 Å². The lowest BCUT2D eigenvalue weighted by atomic mass is 9.86. The van der Waals surface area contributed by atoms with Crippen LogP contribution < -0.4 is 0 Å². The highest BCUT2D eigenvalue weighted by Gasteiger charge is 2.19. The fourth-order valence-corrected chi connectivity index (χ4v) is 4.75. The van der Waals surface area contributed by atoms with E-state index in [0.29, 0.717) is 5.92 Å². The van der Waals surface area contributed by atoms with Gasteiger partial charge >= 0.3 is 0 Å². The molecule has 1 heterocycles. The quantitative estimate of drug-likeness (QED) is 0.299. The van der Waals surface area contributed by atoms with Crippen molar-refractivity contribution in [1.29, 1.82) is 0 Å². The van der Waals surface area contributed by atoms with Crippen LogP contribution in [0.4, 0.5) is 0 Å². The molecule has 0 bridgehead atoms. The third-order valence-corrected chi connectivity index (χ3v) is 5.92. The zero-order chi connectivity index (χ0) is 17.3. The Bertz CT molecular complexity index is 1370. The Morgan fingerprint density at radius 2 is 1.46 bits per heavy atom. The molecular formula is C25H19N. The number of hydrogen-bond donors (Lipinski definition) is 1. The summed E-state index contributed by atoms with van der Waals surface area (Å²) in [6, 6.07) is 22.1. The van der Waals surface area contributed by atoms with Gasteiger partial charge in [-0.05, 0) is 45.7 Å². The zero-order valence-corrected chi connectivity index (χ0v) is 14.7. The molecular weight excluding hydrogens is 314 g/mol. The van der Waals surface area contributed by atoms with Crippen molar-refractivity contribution in [3.8, 4) is 0 Å². The fraction of sp³-hybridized carbons (Fsp3) is 0.120. The minimum absolute atomic E-state index is 0.588. The van der Waals surface area contributed by atoms with Crippen LogP contribution in [0.25, 0.3) is 49.4 Å². The van der Waals surface area contributed by atoms with E-state index >= 15 is 0 Å². The van der Waals surface area contributed by atoms with Gasteiger partial charge in [0.1, 0.15) is 0 Å². The lowest BCUT2D eigenvalue weighted by molar-refractivity contribution is 0.722. The molecule has 1 atom stereocenters. The lowest BCUT2D eigenvalue weighted by Crippen LogP contribution is -2.03. The number of fused-ring (bicyclic) bond motifs is 10. The van der Waals surface area contributed by atoms with E-state index in [1.807, 2.05) is 0 Å². The van der Waals surface area contributed by atoms with Gasteiger partial charge in [0.25, 0.3) is 0 Å². The Labute approximate surface area is 151 Å². The van der Waals surface area contributed by atoms with Gasteiger partial charge in [0, 0.05) is 21.7 Å². The van der Waals surface area contributed by atoms with Crippen LogP contribution in [-0.2, 0) is 6.42 Å². The number of aromatic nitrogens is 1. The predicted molar refractivity (Wildman–Crippen MR) is 113 cm³/mol. The van der Waals surface area contributed by atoms with Crippen molar-refractivity contribution in [3.63, 3.8) is 0 Å². The molecule has 0 radical (unpaired) electrons. The number of aromatic amines is 1. The van der Waals surface area contributed by atoms with Crippen LogP contribution in [0.15, 0.2) is 66.7 Å². The lowest BCUT2D eigenvalue weighted by Gasteiger charge is -2.17. The summed E-state index contributed by atoms with van der Waals surface area (Å²) in [6.45, 7) is 2.31. The Morgan fingerprint density at radius 1 is 0.769 bits per heavy atom. The average Bonchev–Trinajstić information content (AvgIpc) is 3.09. The van der Waals surface area contributed by atoms with Gasteiger partial charge in [-0.2, -0.15) is 0 Å². The Kier molecular flexibility index (Phi) is 2.71. The maximum Gasteiger partial charge on any atom is 0.0551 e. The summed E-state index contributed by atoms with van der Waals surface area (Å²) in [4.78, 5) is 3.75. The molecule has 6 rings (SSSR count). The first kappa shape index (κ1) is 14.1. The van der Waals surface area contributed by atoms with Gasteiger partial charge in [-0.1, -0.05) is 73.7 Å². The minimum atomic E-state index is 0.588. The number of H-pyrrole nitrogens is 1. The molecule has 0 saturated carbocycles. The van der Waals surface area contributed by atoms with Crippen LogP contribution in [-0.4, -0.2) is 4.98 Å². The molecule has 124 valence electrons. The second kappa shape index (κ2) is 4.98. The number of allylic oxidation sites excluding steroid dienone is 1. The van der Waals surface area contributed by atoms with E-state index in [0.717, 1.165) is 6.42 Å². The Balaban J connectivity index is 1.95. The molecule has 0 aliphatic heterocycles. The van der Waals surface area contributed by atoms with Gasteiger partial charge in [0.05, 0.1) is 5.52 Å². The average molecular weight is 333 g/mol. The van der Waals surface area contributed by atoms with Crippen molar-refractivity contribution < 1.29 is 0 Å². The van der Waals surface area contributed by atoms with Crippen molar-refractivity contribution in [2.75, 3.05) is 0 Å². The summed E-state index contributed by atoms with van der Waals surface area (Å²) >= 11 is 0. The van der Waals surface area contributed by atoms with Gasteiger partial charge in [-0.25, -0.2) is 0 Å². The third-order valence-electron chi connectivity index (χ3n) is 5.92. The van der Waals surface area contributed by atoms with E-state index in [4.69, 9.17) is 0 Å². The summed E-state index contributed by atoms with van der Waals surface area (Å²) in [5.74, 6) is 0.588. The number of benzene rings is 4. The Morgan fingerprint density at radius 3 is 2.27 bits per heavy atom. The summed E-state index contributed by atoms with van der Waals surface area (Å²) in [5, 5.41) is 8.12. The van der Waals surface area contributed by atoms with Crippen molar-refractivity contribution in [3.05, 3.63) is 77.9 Å². The van der Waals surface area contributed by atoms with Crippen LogP contribution in [0.2, 0.25) is 0 Å². The van der Waals surface area contributed by atoms with Gasteiger partial charge < -0.3 is 4.98 Å². The van der Waals surface area contributed by atoms with Crippen LogP contribution in [0.3, 0.4) is 0 Å². The third kappa shape index (κ3) is 1.75. The van der Waals surface area contributed by atoms with Crippen molar-refractivity contribution in [2.45, 2.75) is 13.3 Å². The van der Waals surface area contributed by atoms with E-state index in [-0.39, 0.29) is 0 Å². The predicted octanol–water partition coefficient (Wildman–Crippen LogP) is 6.83. The monoisotopic (exact) mass is 333 g/mol. The van der Waals surface area contributed by atoms with E-state index < -0.39 is 0 Å². The first-order chi connectivity index (χ1) is 12.8. The maximum absolute atomic E-state index is 3.75. The molecule has 0 saturated heterocycles. The van der Waals surface area contributed by atoms with Crippen LogP contribution in [0, 0.1) is 5.92 Å². The molecule has 0 amide bonds. The second-order valence-electron chi connectivity index (χ2n) is 7.56. The molecule has 4 aromatic carbocycles. The highest BCUT2D eigenvalue weighted by Crippen LogP contribution is 2.42. The second-order valence-corrected chi connectivity index (χ2v) is 7.56. The largest absolute Gasteiger partial charge is 0.354 e. The summed E-state index contributed by atoms with van der Waals surface area (Å²) in [7, 11) is 0. The number of rotatable bonds is 0. The highest BCUT2D eigenvalue weighted by atomic mass is 14.7. The number of hydrogen-bond acceptors (Lipinski definition) is 0. The van der Waals surface area contributed by atoms with Gasteiger partial charge in [0.15, 0.2) is 0 Å². The first-order valence-corrected chi connectivity index (χ1v) is 9.36. The van der Waals surface area contributed by atoms with Crippen molar-refractivity contribution >= 4 is 49.4 Å². The highest BCUT2D eigenvalue weighted by molar-refractivity contribution is 6.31. The molecule has 1 N–H and O–H groups in total. The first-order valence-electron chi connectivity index (χ1n) is 9.36. The molecule has 1 heteroatoms.